The summed E-state index contributed by atoms with van der Waals surface area (Å²) in [7, 11) is 0. The van der Waals surface area contributed by atoms with Gasteiger partial charge in [-0.1, -0.05) is 58.4 Å². The Bertz CT molecular complexity index is 623. The van der Waals surface area contributed by atoms with E-state index in [1.54, 1.807) is 0 Å². The average Bonchev–Trinajstić information content (AvgIpc) is 2.77. The van der Waals surface area contributed by atoms with Crippen LogP contribution in [0.5, 0.6) is 11.5 Å². The monoisotopic (exact) mass is 420 g/mol. The predicted molar refractivity (Wildman–Crippen MR) is 120 cm³/mol. The zero-order valence-electron chi connectivity index (χ0n) is 18.8. The fraction of sp³-hybridized carbons (Fsp3) is 0.708. The Morgan fingerprint density at radius 2 is 1.70 bits per heavy atom. The lowest BCUT2D eigenvalue weighted by molar-refractivity contribution is -0.122. The minimum absolute atomic E-state index is 0.00319. The molecular weight excluding hydrogens is 380 g/mol. The number of unbranched alkanes of at least 4 members (excludes halogenated alkanes) is 6. The lowest BCUT2D eigenvalue weighted by atomic mass is 10.0. The van der Waals surface area contributed by atoms with E-state index in [-0.39, 0.29) is 5.91 Å². The first-order valence-corrected chi connectivity index (χ1v) is 11.7. The Labute approximate surface area is 181 Å². The summed E-state index contributed by atoms with van der Waals surface area (Å²) in [5.74, 6) is 1.35. The topological polar surface area (TPSA) is 79.8 Å². The Morgan fingerprint density at radius 1 is 1.00 bits per heavy atom. The van der Waals surface area contributed by atoms with E-state index in [9.17, 15) is 9.90 Å². The number of aliphatic hydroxyl groups excluding tert-OH is 1. The van der Waals surface area contributed by atoms with Gasteiger partial charge >= 0.3 is 0 Å². The molecule has 0 saturated heterocycles. The number of carbonyl (C=O) groups is 1. The minimum Gasteiger partial charge on any atom is -0.486 e. The number of aliphatic hydroxyl groups is 1. The molecule has 170 valence electrons. The predicted octanol–water partition coefficient (Wildman–Crippen LogP) is 4.12. The second-order valence-electron chi connectivity index (χ2n) is 8.10. The zero-order valence-corrected chi connectivity index (χ0v) is 18.8. The molecule has 1 aliphatic rings. The molecule has 3 N–H and O–H groups in total. The Balaban J connectivity index is 1.94. The van der Waals surface area contributed by atoms with E-state index in [0.29, 0.717) is 37.7 Å². The van der Waals surface area contributed by atoms with Gasteiger partial charge in [-0.3, -0.25) is 4.79 Å². The number of ether oxygens (including phenoxy) is 2. The number of benzene rings is 1. The van der Waals surface area contributed by atoms with Crippen LogP contribution in [0.2, 0.25) is 0 Å². The Morgan fingerprint density at radius 3 is 2.47 bits per heavy atom. The normalized spacial score (nSPS) is 14.9. The van der Waals surface area contributed by atoms with E-state index in [2.05, 4.69) is 24.5 Å². The first-order chi connectivity index (χ1) is 14.7. The van der Waals surface area contributed by atoms with Crippen LogP contribution in [0.1, 0.15) is 83.3 Å². The van der Waals surface area contributed by atoms with Crippen molar-refractivity contribution in [3.05, 3.63) is 23.8 Å². The van der Waals surface area contributed by atoms with Gasteiger partial charge in [0.2, 0.25) is 5.91 Å². The van der Waals surface area contributed by atoms with Crippen LogP contribution < -0.4 is 20.1 Å². The maximum Gasteiger partial charge on any atom is 0.220 e. The molecule has 2 atom stereocenters. The summed E-state index contributed by atoms with van der Waals surface area (Å²) in [5.41, 5.74) is 0.725. The summed E-state index contributed by atoms with van der Waals surface area (Å²) in [6.07, 6.45) is 8.67. The van der Waals surface area contributed by atoms with Gasteiger partial charge < -0.3 is 25.2 Å². The van der Waals surface area contributed by atoms with Gasteiger partial charge in [0.1, 0.15) is 19.3 Å². The van der Waals surface area contributed by atoms with Crippen LogP contribution in [0.15, 0.2) is 18.2 Å². The molecule has 0 fully saturated rings. The van der Waals surface area contributed by atoms with Crippen molar-refractivity contribution in [2.24, 2.45) is 0 Å². The molecular formula is C24H40N2O4. The summed E-state index contributed by atoms with van der Waals surface area (Å²) < 4.78 is 11.2. The van der Waals surface area contributed by atoms with E-state index in [0.717, 1.165) is 31.4 Å². The summed E-state index contributed by atoms with van der Waals surface area (Å²) in [5, 5.41) is 17.5. The van der Waals surface area contributed by atoms with Crippen molar-refractivity contribution < 1.29 is 19.4 Å². The summed E-state index contributed by atoms with van der Waals surface area (Å²) in [6.45, 7) is 6.81. The maximum atomic E-state index is 12.5. The van der Waals surface area contributed by atoms with Gasteiger partial charge in [0.25, 0.3) is 0 Å². The summed E-state index contributed by atoms with van der Waals surface area (Å²) in [6, 6.07) is 5.10. The largest absolute Gasteiger partial charge is 0.486 e. The first kappa shape index (κ1) is 24.5. The molecule has 1 aromatic carbocycles. The lowest BCUT2D eigenvalue weighted by Crippen LogP contribution is -2.46. The average molecular weight is 421 g/mol. The molecule has 0 aliphatic carbocycles. The van der Waals surface area contributed by atoms with Gasteiger partial charge in [-0.05, 0) is 37.1 Å². The summed E-state index contributed by atoms with van der Waals surface area (Å²) in [4.78, 5) is 12.5. The molecule has 30 heavy (non-hydrogen) atoms. The van der Waals surface area contributed by atoms with Crippen LogP contribution in [0.4, 0.5) is 0 Å². The molecule has 0 spiro atoms. The quantitative estimate of drug-likeness (QED) is 0.372. The van der Waals surface area contributed by atoms with Crippen LogP contribution in [-0.4, -0.2) is 43.4 Å². The van der Waals surface area contributed by atoms with Crippen molar-refractivity contribution in [2.75, 3.05) is 26.3 Å². The number of nitrogens with one attached hydrogen (secondary N) is 2. The fourth-order valence-corrected chi connectivity index (χ4v) is 3.64. The third-order valence-corrected chi connectivity index (χ3v) is 5.46. The maximum absolute atomic E-state index is 12.5. The van der Waals surface area contributed by atoms with Crippen molar-refractivity contribution in [3.63, 3.8) is 0 Å². The highest BCUT2D eigenvalue weighted by atomic mass is 16.6. The zero-order chi connectivity index (χ0) is 21.6. The van der Waals surface area contributed by atoms with Gasteiger partial charge in [-0.25, -0.2) is 0 Å². The van der Waals surface area contributed by atoms with Crippen molar-refractivity contribution in [1.29, 1.82) is 0 Å². The van der Waals surface area contributed by atoms with Gasteiger partial charge in [-0.15, -0.1) is 0 Å². The minimum atomic E-state index is -0.816. The molecule has 6 nitrogen and oxygen atoms in total. The molecule has 0 radical (unpaired) electrons. The number of hydrogen-bond acceptors (Lipinski definition) is 5. The van der Waals surface area contributed by atoms with Gasteiger partial charge in [0.15, 0.2) is 11.5 Å². The highest BCUT2D eigenvalue weighted by molar-refractivity contribution is 5.76. The van der Waals surface area contributed by atoms with E-state index >= 15 is 0 Å². The highest BCUT2D eigenvalue weighted by Crippen LogP contribution is 2.33. The molecule has 1 aliphatic heterocycles. The van der Waals surface area contributed by atoms with Crippen molar-refractivity contribution in [2.45, 2.75) is 83.8 Å². The fourth-order valence-electron chi connectivity index (χ4n) is 3.64. The molecule has 2 rings (SSSR count). The van der Waals surface area contributed by atoms with Gasteiger partial charge in [0, 0.05) is 13.0 Å². The van der Waals surface area contributed by atoms with Crippen LogP contribution in [0, 0.1) is 0 Å². The molecule has 1 heterocycles. The van der Waals surface area contributed by atoms with Crippen LogP contribution in [-0.2, 0) is 4.79 Å². The van der Waals surface area contributed by atoms with Crippen LogP contribution in [0.3, 0.4) is 0 Å². The van der Waals surface area contributed by atoms with Crippen LogP contribution in [0.25, 0.3) is 0 Å². The van der Waals surface area contributed by atoms with E-state index in [4.69, 9.17) is 9.47 Å². The second-order valence-corrected chi connectivity index (χ2v) is 8.10. The smallest absolute Gasteiger partial charge is 0.220 e. The van der Waals surface area contributed by atoms with Crippen molar-refractivity contribution >= 4 is 5.91 Å². The molecule has 1 amide bonds. The number of amides is 1. The Hall–Kier alpha value is -1.79. The molecule has 6 heteroatoms. The van der Waals surface area contributed by atoms with E-state index in [1.165, 1.54) is 32.1 Å². The third kappa shape index (κ3) is 8.52. The number of fused-ring (bicyclic) bond motifs is 1. The molecule has 0 unspecified atom stereocenters. The highest BCUT2D eigenvalue weighted by Gasteiger charge is 2.24. The number of hydrogen-bond donors (Lipinski definition) is 3. The SMILES string of the molecule is CCCCCCCC(=O)N[C@H](CNCCCCC)[C@@H](O)c1ccc2c(c1)OCCO2. The molecule has 0 saturated carbocycles. The molecule has 0 bridgehead atoms. The van der Waals surface area contributed by atoms with Crippen molar-refractivity contribution in [3.8, 4) is 11.5 Å². The summed E-state index contributed by atoms with van der Waals surface area (Å²) >= 11 is 0. The van der Waals surface area contributed by atoms with E-state index in [1.807, 2.05) is 18.2 Å². The second kappa shape index (κ2) is 14.3. The standard InChI is InChI=1S/C24H40N2O4/c1-3-5-7-8-9-11-23(27)26-20(18-25-14-10-6-4-2)24(28)19-12-13-21-22(17-19)30-16-15-29-21/h12-13,17,20,24-25,28H,3-11,14-16,18H2,1-2H3,(H,26,27)/t20-,24+/m1/s1. The Kier molecular flexibility index (Phi) is 11.6. The number of carbonyl (C=O) groups excluding carboxylic acids is 1. The molecule has 0 aromatic heterocycles. The molecule has 1 aromatic rings. The first-order valence-electron chi connectivity index (χ1n) is 11.7. The third-order valence-electron chi connectivity index (χ3n) is 5.46. The van der Waals surface area contributed by atoms with Crippen molar-refractivity contribution in [1.82, 2.24) is 10.6 Å². The number of rotatable bonds is 15. The van der Waals surface area contributed by atoms with Gasteiger partial charge in [-0.2, -0.15) is 0 Å². The van der Waals surface area contributed by atoms with Crippen LogP contribution >= 0.6 is 0 Å². The van der Waals surface area contributed by atoms with E-state index < -0.39 is 12.1 Å². The lowest BCUT2D eigenvalue weighted by Gasteiger charge is -2.26. The van der Waals surface area contributed by atoms with Gasteiger partial charge in [0.05, 0.1) is 6.04 Å².